The molecule has 0 unspecified atom stereocenters. The van der Waals surface area contributed by atoms with Gasteiger partial charge in [0.2, 0.25) is 0 Å². The molecule has 25 heavy (non-hydrogen) atoms. The van der Waals surface area contributed by atoms with Crippen molar-refractivity contribution in [2.24, 2.45) is 0 Å². The summed E-state index contributed by atoms with van der Waals surface area (Å²) in [7, 11) is 0. The Labute approximate surface area is 151 Å². The van der Waals surface area contributed by atoms with Crippen molar-refractivity contribution in [3.63, 3.8) is 0 Å². The lowest BCUT2D eigenvalue weighted by Gasteiger charge is -2.23. The fourth-order valence-corrected chi connectivity index (χ4v) is 2.99. The third kappa shape index (κ3) is 3.79. The molecule has 0 radical (unpaired) electrons. The maximum absolute atomic E-state index is 4.90. The second-order valence-corrected chi connectivity index (χ2v) is 7.84. The molecule has 3 aromatic rings. The molecule has 1 aromatic heterocycles. The van der Waals surface area contributed by atoms with E-state index in [1.807, 2.05) is 12.3 Å². The highest BCUT2D eigenvalue weighted by atomic mass is 14.9. The summed E-state index contributed by atoms with van der Waals surface area (Å²) in [6, 6.07) is 18.9. The first kappa shape index (κ1) is 17.3. The molecule has 0 aliphatic rings. The number of rotatable bonds is 3. The van der Waals surface area contributed by atoms with Crippen LogP contribution in [0.3, 0.4) is 0 Å². The quantitative estimate of drug-likeness (QED) is 0.568. The molecule has 0 amide bonds. The van der Waals surface area contributed by atoms with Gasteiger partial charge in [0.25, 0.3) is 0 Å². The summed E-state index contributed by atoms with van der Waals surface area (Å²) in [6.07, 6.45) is 2.00. The summed E-state index contributed by atoms with van der Waals surface area (Å²) in [5.41, 5.74) is 5.91. The van der Waals surface area contributed by atoms with E-state index in [-0.39, 0.29) is 5.41 Å². The summed E-state index contributed by atoms with van der Waals surface area (Å²) < 4.78 is 0. The molecular weight excluding hydrogens is 304 g/mol. The Morgan fingerprint density at radius 3 is 1.88 bits per heavy atom. The van der Waals surface area contributed by atoms with Crippen LogP contribution in [0, 0.1) is 0 Å². The van der Waals surface area contributed by atoms with Crippen molar-refractivity contribution in [1.82, 2.24) is 9.97 Å². The van der Waals surface area contributed by atoms with Gasteiger partial charge in [0.1, 0.15) is 0 Å². The summed E-state index contributed by atoms with van der Waals surface area (Å²) in [6.45, 7) is 11.0. The second kappa shape index (κ2) is 6.79. The molecule has 0 N–H and O–H groups in total. The van der Waals surface area contributed by atoms with Gasteiger partial charge in [-0.15, -0.1) is 0 Å². The first-order valence-electron chi connectivity index (χ1n) is 8.89. The van der Waals surface area contributed by atoms with Crippen LogP contribution in [0.15, 0.2) is 60.8 Å². The number of hydrogen-bond acceptors (Lipinski definition) is 2. The Bertz CT molecular complexity index is 842. The monoisotopic (exact) mass is 330 g/mol. The molecule has 2 nitrogen and oxygen atoms in total. The van der Waals surface area contributed by atoms with Gasteiger partial charge < -0.3 is 0 Å². The van der Waals surface area contributed by atoms with Crippen LogP contribution in [0.2, 0.25) is 0 Å². The van der Waals surface area contributed by atoms with E-state index in [2.05, 4.69) is 88.1 Å². The van der Waals surface area contributed by atoms with Gasteiger partial charge in [-0.25, -0.2) is 9.97 Å². The molecule has 0 saturated carbocycles. The van der Waals surface area contributed by atoms with Crippen LogP contribution in [-0.4, -0.2) is 9.97 Å². The van der Waals surface area contributed by atoms with Crippen LogP contribution in [0.1, 0.15) is 51.8 Å². The molecule has 2 aromatic carbocycles. The smallest absolute Gasteiger partial charge is 0.159 e. The van der Waals surface area contributed by atoms with Gasteiger partial charge >= 0.3 is 0 Å². The minimum absolute atomic E-state index is 0.0509. The van der Waals surface area contributed by atoms with Crippen molar-refractivity contribution < 1.29 is 0 Å². The molecule has 0 fully saturated rings. The van der Waals surface area contributed by atoms with Crippen LogP contribution in [-0.2, 0) is 5.41 Å². The van der Waals surface area contributed by atoms with Gasteiger partial charge in [-0.2, -0.15) is 0 Å². The van der Waals surface area contributed by atoms with Crippen LogP contribution >= 0.6 is 0 Å². The van der Waals surface area contributed by atoms with E-state index >= 15 is 0 Å². The molecule has 0 spiro atoms. The molecule has 0 aliphatic heterocycles. The van der Waals surface area contributed by atoms with E-state index in [9.17, 15) is 0 Å². The zero-order chi connectivity index (χ0) is 18.0. The normalized spacial score (nSPS) is 11.8. The number of nitrogens with zero attached hydrogens (tertiary/aromatic N) is 2. The summed E-state index contributed by atoms with van der Waals surface area (Å²) in [5.74, 6) is 1.18. The molecule has 0 saturated heterocycles. The van der Waals surface area contributed by atoms with Gasteiger partial charge in [0.05, 0.1) is 5.69 Å². The maximum atomic E-state index is 4.90. The van der Waals surface area contributed by atoms with Gasteiger partial charge in [-0.3, -0.25) is 0 Å². The molecule has 1 heterocycles. The zero-order valence-electron chi connectivity index (χ0n) is 15.7. The minimum atomic E-state index is 0.0509. The summed E-state index contributed by atoms with van der Waals surface area (Å²) in [5, 5.41) is 0. The van der Waals surface area contributed by atoms with Crippen LogP contribution in [0.5, 0.6) is 0 Å². The van der Waals surface area contributed by atoms with Gasteiger partial charge in [0.15, 0.2) is 5.82 Å². The first-order chi connectivity index (χ1) is 11.9. The lowest BCUT2D eigenvalue weighted by Crippen LogP contribution is -2.17. The molecule has 0 bridgehead atoms. The van der Waals surface area contributed by atoms with Crippen LogP contribution in [0.4, 0.5) is 0 Å². The van der Waals surface area contributed by atoms with Gasteiger partial charge in [-0.1, -0.05) is 89.2 Å². The van der Waals surface area contributed by atoms with E-state index in [1.54, 1.807) is 0 Å². The van der Waals surface area contributed by atoms with Crippen LogP contribution in [0.25, 0.3) is 22.5 Å². The predicted molar refractivity (Wildman–Crippen MR) is 106 cm³/mol. The van der Waals surface area contributed by atoms with Gasteiger partial charge in [-0.05, 0) is 28.0 Å². The fourth-order valence-electron chi connectivity index (χ4n) is 2.99. The third-order valence-electron chi connectivity index (χ3n) is 4.42. The predicted octanol–water partition coefficient (Wildman–Crippen LogP) is 6.23. The lowest BCUT2D eigenvalue weighted by atomic mass is 9.84. The highest BCUT2D eigenvalue weighted by Gasteiger charge is 2.22. The Morgan fingerprint density at radius 1 is 0.760 bits per heavy atom. The van der Waals surface area contributed by atoms with Crippen molar-refractivity contribution in [1.29, 1.82) is 0 Å². The minimum Gasteiger partial charge on any atom is -0.236 e. The number of hydrogen-bond donors (Lipinski definition) is 0. The molecule has 128 valence electrons. The number of aromatic nitrogens is 2. The summed E-state index contributed by atoms with van der Waals surface area (Å²) >= 11 is 0. The Balaban J connectivity index is 1.98. The topological polar surface area (TPSA) is 25.8 Å². The van der Waals surface area contributed by atoms with Crippen molar-refractivity contribution >= 4 is 0 Å². The average Bonchev–Trinajstić information content (AvgIpc) is 2.61. The maximum Gasteiger partial charge on any atom is 0.159 e. The standard InChI is InChI=1S/C23H26N2/c1-16(2)21-20(23(3,4)5)15-24-22(25-21)19-13-11-18(12-14-19)17-9-7-6-8-10-17/h6-16H,1-5H3. The van der Waals surface area contributed by atoms with E-state index in [1.165, 1.54) is 16.7 Å². The third-order valence-corrected chi connectivity index (χ3v) is 4.42. The van der Waals surface area contributed by atoms with Crippen LogP contribution < -0.4 is 0 Å². The zero-order valence-corrected chi connectivity index (χ0v) is 15.7. The summed E-state index contributed by atoms with van der Waals surface area (Å²) in [4.78, 5) is 9.55. The molecular formula is C23H26N2. The molecule has 0 aliphatic carbocycles. The second-order valence-electron chi connectivity index (χ2n) is 7.84. The van der Waals surface area contributed by atoms with Crippen molar-refractivity contribution in [2.75, 3.05) is 0 Å². The van der Waals surface area contributed by atoms with E-state index in [0.717, 1.165) is 17.1 Å². The number of benzene rings is 2. The molecule has 2 heteroatoms. The van der Waals surface area contributed by atoms with Gasteiger partial charge in [0, 0.05) is 11.8 Å². The Morgan fingerprint density at radius 2 is 1.32 bits per heavy atom. The highest BCUT2D eigenvalue weighted by Crippen LogP contribution is 2.30. The lowest BCUT2D eigenvalue weighted by molar-refractivity contribution is 0.567. The Hall–Kier alpha value is -2.48. The van der Waals surface area contributed by atoms with Crippen molar-refractivity contribution in [3.8, 4) is 22.5 Å². The average molecular weight is 330 g/mol. The fraction of sp³-hybridized carbons (Fsp3) is 0.304. The van der Waals surface area contributed by atoms with Crippen molar-refractivity contribution in [2.45, 2.75) is 46.0 Å². The van der Waals surface area contributed by atoms with E-state index in [4.69, 9.17) is 4.98 Å². The van der Waals surface area contributed by atoms with E-state index < -0.39 is 0 Å². The Kier molecular flexibility index (Phi) is 4.71. The SMILES string of the molecule is CC(C)c1nc(-c2ccc(-c3ccccc3)cc2)ncc1C(C)(C)C. The van der Waals surface area contributed by atoms with Crippen molar-refractivity contribution in [3.05, 3.63) is 72.1 Å². The first-order valence-corrected chi connectivity index (χ1v) is 8.89. The van der Waals surface area contributed by atoms with E-state index in [0.29, 0.717) is 5.92 Å². The highest BCUT2D eigenvalue weighted by molar-refractivity contribution is 5.67. The molecule has 0 atom stereocenters. The largest absolute Gasteiger partial charge is 0.236 e. The molecule has 3 rings (SSSR count).